The number of carbonyl (C=O) groups excluding carboxylic acids is 1. The smallest absolute Gasteiger partial charge is 0.264 e. The molecule has 1 fully saturated rings. The molecule has 1 amide bonds. The molecule has 2 aromatic carbocycles. The van der Waals surface area contributed by atoms with Gasteiger partial charge in [-0.15, -0.1) is 12.4 Å². The predicted octanol–water partition coefficient (Wildman–Crippen LogP) is 2.35. The molecule has 2 N–H and O–H groups in total. The quantitative estimate of drug-likeness (QED) is 0.821. The summed E-state index contributed by atoms with van der Waals surface area (Å²) in [6.07, 6.45) is 0.848. The number of rotatable bonds is 5. The summed E-state index contributed by atoms with van der Waals surface area (Å²) in [4.78, 5) is 14.6. The fourth-order valence-corrected chi connectivity index (χ4v) is 4.55. The van der Waals surface area contributed by atoms with Gasteiger partial charge < -0.3 is 10.6 Å². The normalized spacial score (nSPS) is 16.7. The second-order valence-corrected chi connectivity index (χ2v) is 8.38. The molecular formula is C19H24ClN3O3S. The van der Waals surface area contributed by atoms with Crippen molar-refractivity contribution in [3.05, 3.63) is 60.2 Å². The van der Waals surface area contributed by atoms with Gasteiger partial charge in [0, 0.05) is 20.1 Å². The lowest BCUT2D eigenvalue weighted by Gasteiger charge is -2.23. The van der Waals surface area contributed by atoms with E-state index in [1.807, 2.05) is 6.07 Å². The third-order valence-electron chi connectivity index (χ3n) is 4.78. The molecule has 146 valence electrons. The van der Waals surface area contributed by atoms with Gasteiger partial charge in [-0.25, -0.2) is 8.42 Å². The van der Waals surface area contributed by atoms with Crippen LogP contribution in [0.3, 0.4) is 0 Å². The molecule has 1 saturated heterocycles. The number of para-hydroxylation sites is 1. The van der Waals surface area contributed by atoms with Crippen molar-refractivity contribution in [1.29, 1.82) is 0 Å². The molecule has 3 rings (SSSR count). The maximum absolute atomic E-state index is 13.1. The minimum absolute atomic E-state index is 0. The zero-order chi connectivity index (χ0) is 18.7. The molecule has 2 aromatic rings. The summed E-state index contributed by atoms with van der Waals surface area (Å²) < 4.78 is 27.5. The Kier molecular flexibility index (Phi) is 6.86. The number of amides is 1. The molecule has 0 aliphatic carbocycles. The molecule has 1 unspecified atom stereocenters. The maximum atomic E-state index is 13.1. The molecule has 0 bridgehead atoms. The van der Waals surface area contributed by atoms with Gasteiger partial charge >= 0.3 is 0 Å². The first-order chi connectivity index (χ1) is 12.4. The van der Waals surface area contributed by atoms with Crippen LogP contribution in [0.25, 0.3) is 0 Å². The second-order valence-electron chi connectivity index (χ2n) is 6.45. The number of hydrogen-bond donors (Lipinski definition) is 1. The molecule has 8 heteroatoms. The molecular weight excluding hydrogens is 386 g/mol. The van der Waals surface area contributed by atoms with Crippen molar-refractivity contribution in [2.24, 2.45) is 11.7 Å². The molecule has 1 atom stereocenters. The van der Waals surface area contributed by atoms with E-state index in [0.717, 1.165) is 6.42 Å². The van der Waals surface area contributed by atoms with Gasteiger partial charge in [0.1, 0.15) is 4.90 Å². The van der Waals surface area contributed by atoms with Gasteiger partial charge in [-0.3, -0.25) is 9.10 Å². The van der Waals surface area contributed by atoms with E-state index in [-0.39, 0.29) is 34.7 Å². The first-order valence-electron chi connectivity index (χ1n) is 8.57. The van der Waals surface area contributed by atoms with Crippen molar-refractivity contribution in [3.63, 3.8) is 0 Å². The molecule has 0 saturated carbocycles. The molecule has 0 aromatic heterocycles. The topological polar surface area (TPSA) is 83.7 Å². The highest BCUT2D eigenvalue weighted by Gasteiger charge is 2.31. The highest BCUT2D eigenvalue weighted by molar-refractivity contribution is 7.92. The van der Waals surface area contributed by atoms with E-state index in [1.165, 1.54) is 17.4 Å². The highest BCUT2D eigenvalue weighted by atomic mass is 35.5. The Morgan fingerprint density at radius 3 is 2.41 bits per heavy atom. The van der Waals surface area contributed by atoms with Crippen molar-refractivity contribution >= 4 is 34.0 Å². The van der Waals surface area contributed by atoms with Crippen molar-refractivity contribution in [3.8, 4) is 0 Å². The Balaban J connectivity index is 0.00000261. The summed E-state index contributed by atoms with van der Waals surface area (Å²) in [5.74, 6) is 0.0105. The van der Waals surface area contributed by atoms with Gasteiger partial charge in [0.15, 0.2) is 0 Å². The van der Waals surface area contributed by atoms with Crippen LogP contribution in [0, 0.1) is 5.92 Å². The number of sulfonamides is 1. The number of hydrogen-bond acceptors (Lipinski definition) is 4. The van der Waals surface area contributed by atoms with Gasteiger partial charge in [-0.1, -0.05) is 30.3 Å². The van der Waals surface area contributed by atoms with Crippen LogP contribution in [0.5, 0.6) is 0 Å². The largest absolute Gasteiger partial charge is 0.338 e. The minimum Gasteiger partial charge on any atom is -0.338 e. The SMILES string of the molecule is CN(c1ccccc1)S(=O)(=O)c1ccccc1C(=O)N1CCC(CN)C1.Cl. The zero-order valence-corrected chi connectivity index (χ0v) is 16.7. The van der Waals surface area contributed by atoms with Gasteiger partial charge in [0.25, 0.3) is 15.9 Å². The lowest BCUT2D eigenvalue weighted by Crippen LogP contribution is -2.33. The number of anilines is 1. The molecule has 0 spiro atoms. The molecule has 1 aliphatic rings. The van der Waals surface area contributed by atoms with E-state index < -0.39 is 10.0 Å². The van der Waals surface area contributed by atoms with Gasteiger partial charge in [0.05, 0.1) is 11.3 Å². The predicted molar refractivity (Wildman–Crippen MR) is 109 cm³/mol. The van der Waals surface area contributed by atoms with E-state index >= 15 is 0 Å². The van der Waals surface area contributed by atoms with Crippen molar-refractivity contribution in [1.82, 2.24) is 4.90 Å². The van der Waals surface area contributed by atoms with Crippen LogP contribution < -0.4 is 10.0 Å². The lowest BCUT2D eigenvalue weighted by atomic mass is 10.1. The van der Waals surface area contributed by atoms with E-state index in [1.54, 1.807) is 47.4 Å². The van der Waals surface area contributed by atoms with Crippen LogP contribution in [-0.2, 0) is 10.0 Å². The summed E-state index contributed by atoms with van der Waals surface area (Å²) in [6.45, 7) is 1.70. The molecule has 0 radical (unpaired) electrons. The van der Waals surface area contributed by atoms with Crippen molar-refractivity contribution < 1.29 is 13.2 Å². The van der Waals surface area contributed by atoms with Crippen LogP contribution in [0.15, 0.2) is 59.5 Å². The van der Waals surface area contributed by atoms with E-state index in [0.29, 0.717) is 25.3 Å². The van der Waals surface area contributed by atoms with Crippen molar-refractivity contribution in [2.75, 3.05) is 31.0 Å². The summed E-state index contributed by atoms with van der Waals surface area (Å²) >= 11 is 0. The number of nitrogens with zero attached hydrogens (tertiary/aromatic N) is 2. The fourth-order valence-electron chi connectivity index (χ4n) is 3.17. The van der Waals surface area contributed by atoms with Crippen LogP contribution >= 0.6 is 12.4 Å². The average Bonchev–Trinajstić information content (AvgIpc) is 3.16. The minimum atomic E-state index is -3.86. The average molecular weight is 410 g/mol. The lowest BCUT2D eigenvalue weighted by molar-refractivity contribution is 0.0784. The number of likely N-dealkylation sites (tertiary alicyclic amines) is 1. The van der Waals surface area contributed by atoms with Gasteiger partial charge in [-0.05, 0) is 43.1 Å². The number of halogens is 1. The fraction of sp³-hybridized carbons (Fsp3) is 0.316. The zero-order valence-electron chi connectivity index (χ0n) is 15.1. The molecule has 1 aliphatic heterocycles. The van der Waals surface area contributed by atoms with Gasteiger partial charge in [0.2, 0.25) is 0 Å². The number of nitrogens with two attached hydrogens (primary N) is 1. The second kappa shape index (κ2) is 8.73. The number of benzene rings is 2. The van der Waals surface area contributed by atoms with Crippen LogP contribution in [0.4, 0.5) is 5.69 Å². The summed E-state index contributed by atoms with van der Waals surface area (Å²) in [7, 11) is -2.36. The Morgan fingerprint density at radius 2 is 1.78 bits per heavy atom. The monoisotopic (exact) mass is 409 g/mol. The maximum Gasteiger partial charge on any atom is 0.264 e. The third-order valence-corrected chi connectivity index (χ3v) is 6.63. The highest BCUT2D eigenvalue weighted by Crippen LogP contribution is 2.26. The van der Waals surface area contributed by atoms with Crippen LogP contribution in [-0.4, -0.2) is 45.9 Å². The van der Waals surface area contributed by atoms with E-state index in [2.05, 4.69) is 0 Å². The van der Waals surface area contributed by atoms with E-state index in [9.17, 15) is 13.2 Å². The van der Waals surface area contributed by atoms with Crippen LogP contribution in [0.1, 0.15) is 16.8 Å². The number of carbonyl (C=O) groups is 1. The van der Waals surface area contributed by atoms with Crippen molar-refractivity contribution in [2.45, 2.75) is 11.3 Å². The Hall–Kier alpha value is -2.09. The third kappa shape index (κ3) is 4.26. The molecule has 1 heterocycles. The molecule has 27 heavy (non-hydrogen) atoms. The Morgan fingerprint density at radius 1 is 1.15 bits per heavy atom. The Labute approximate surface area is 166 Å². The standard InChI is InChI=1S/C19H23N3O3S.ClH/c1-21(16-7-3-2-4-8-16)26(24,25)18-10-6-5-9-17(18)19(23)22-12-11-15(13-20)14-22;/h2-10,15H,11-14,20H2,1H3;1H. The van der Waals surface area contributed by atoms with Gasteiger partial charge in [-0.2, -0.15) is 0 Å². The summed E-state index contributed by atoms with van der Waals surface area (Å²) in [5, 5.41) is 0. The molecule has 6 nitrogen and oxygen atoms in total. The van der Waals surface area contributed by atoms with E-state index in [4.69, 9.17) is 5.73 Å². The summed E-state index contributed by atoms with van der Waals surface area (Å²) in [5.41, 5.74) is 6.44. The van der Waals surface area contributed by atoms with Crippen LogP contribution in [0.2, 0.25) is 0 Å². The Bertz CT molecular complexity index is 890. The first kappa shape index (κ1) is 21.2. The first-order valence-corrected chi connectivity index (χ1v) is 10.0. The summed E-state index contributed by atoms with van der Waals surface area (Å²) in [6, 6.07) is 15.2.